The summed E-state index contributed by atoms with van der Waals surface area (Å²) in [6.07, 6.45) is 5.70. The summed E-state index contributed by atoms with van der Waals surface area (Å²) in [5, 5.41) is 25.1. The van der Waals surface area contributed by atoms with E-state index in [2.05, 4.69) is 31.9 Å². The van der Waals surface area contributed by atoms with Crippen LogP contribution in [0.4, 0.5) is 11.6 Å². The largest absolute Gasteiger partial charge is 0.489 e. The van der Waals surface area contributed by atoms with Gasteiger partial charge in [0.25, 0.3) is 0 Å². The van der Waals surface area contributed by atoms with Crippen molar-refractivity contribution in [1.82, 2.24) is 20.5 Å². The topological polar surface area (TPSA) is 105 Å². The van der Waals surface area contributed by atoms with Crippen LogP contribution >= 0.6 is 0 Å². The Morgan fingerprint density at radius 3 is 2.53 bits per heavy atom. The van der Waals surface area contributed by atoms with Crippen molar-refractivity contribution in [2.45, 2.75) is 37.7 Å². The number of hydrogen-bond acceptors (Lipinski definition) is 8. The number of ether oxygens (including phenoxy) is 2. The lowest BCUT2D eigenvalue weighted by atomic mass is 9.94. The molecule has 5 rings (SSSR count). The van der Waals surface area contributed by atoms with Crippen LogP contribution in [0.5, 0.6) is 5.75 Å². The van der Waals surface area contributed by atoms with Crippen molar-refractivity contribution in [3.63, 3.8) is 0 Å². The Balaban J connectivity index is 1.29. The molecule has 2 fully saturated rings. The van der Waals surface area contributed by atoms with Gasteiger partial charge >= 0.3 is 0 Å². The zero-order chi connectivity index (χ0) is 23.2. The number of hydrogen-bond donors (Lipinski definition) is 2. The molecule has 2 aliphatic heterocycles. The highest BCUT2D eigenvalue weighted by atomic mass is 16.5. The Kier molecular flexibility index (Phi) is 6.94. The van der Waals surface area contributed by atoms with Crippen LogP contribution in [0.15, 0.2) is 48.7 Å². The predicted molar refractivity (Wildman–Crippen MR) is 129 cm³/mol. The first kappa shape index (κ1) is 22.3. The molecule has 3 aromatic rings. The molecule has 0 atom stereocenters. The van der Waals surface area contributed by atoms with Gasteiger partial charge < -0.3 is 20.1 Å². The fourth-order valence-corrected chi connectivity index (χ4v) is 4.43. The van der Waals surface area contributed by atoms with E-state index in [0.717, 1.165) is 55.6 Å². The maximum Gasteiger partial charge on any atom is 0.154 e. The zero-order valence-corrected chi connectivity index (χ0v) is 19.0. The van der Waals surface area contributed by atoms with E-state index in [0.29, 0.717) is 42.1 Å². The number of pyridine rings is 1. The highest BCUT2D eigenvalue weighted by molar-refractivity contribution is 5.70. The summed E-state index contributed by atoms with van der Waals surface area (Å²) in [5.74, 6) is 2.41. The molecule has 8 heteroatoms. The van der Waals surface area contributed by atoms with E-state index < -0.39 is 0 Å². The third-order valence-corrected chi connectivity index (χ3v) is 6.35. The molecule has 2 aromatic heterocycles. The fraction of sp³-hybridized carbons (Fsp3) is 0.385. The number of nitrogens with one attached hydrogen (secondary N) is 2. The van der Waals surface area contributed by atoms with Gasteiger partial charge in [-0.1, -0.05) is 6.07 Å². The minimum Gasteiger partial charge on any atom is -0.489 e. The maximum atomic E-state index is 9.69. The molecule has 174 valence electrons. The normalized spacial score (nSPS) is 17.1. The van der Waals surface area contributed by atoms with Gasteiger partial charge in [0.1, 0.15) is 23.7 Å². The van der Waals surface area contributed by atoms with Crippen molar-refractivity contribution in [1.29, 1.82) is 5.26 Å². The van der Waals surface area contributed by atoms with Gasteiger partial charge in [0.2, 0.25) is 0 Å². The molecule has 1 aromatic carbocycles. The number of piperidine rings is 1. The Morgan fingerprint density at radius 1 is 0.941 bits per heavy atom. The van der Waals surface area contributed by atoms with E-state index in [-0.39, 0.29) is 6.10 Å². The first-order valence-electron chi connectivity index (χ1n) is 11.8. The molecule has 0 amide bonds. The second-order valence-electron chi connectivity index (χ2n) is 8.67. The average molecular weight is 457 g/mol. The molecular formula is C26H28N6O2. The van der Waals surface area contributed by atoms with Crippen molar-refractivity contribution in [3.8, 4) is 22.9 Å². The molecule has 0 unspecified atom stereocenters. The van der Waals surface area contributed by atoms with E-state index >= 15 is 0 Å². The SMILES string of the molecule is N#Cc1cc(-c2ccnc(Nc3ccc(C4CCNCC4)nn3)c2)ccc1OC1CCOCC1. The number of nitriles is 1. The van der Waals surface area contributed by atoms with Gasteiger partial charge in [-0.25, -0.2) is 4.98 Å². The minimum atomic E-state index is 0.0886. The Hall–Kier alpha value is -3.54. The molecule has 2 aliphatic rings. The molecular weight excluding hydrogens is 428 g/mol. The summed E-state index contributed by atoms with van der Waals surface area (Å²) in [5.41, 5.74) is 3.44. The second kappa shape index (κ2) is 10.6. The molecule has 4 heterocycles. The number of benzene rings is 1. The summed E-state index contributed by atoms with van der Waals surface area (Å²) < 4.78 is 11.5. The van der Waals surface area contributed by atoms with Crippen LogP contribution in [0.1, 0.15) is 42.9 Å². The van der Waals surface area contributed by atoms with E-state index in [1.165, 1.54) is 0 Å². The van der Waals surface area contributed by atoms with E-state index in [1.807, 2.05) is 42.5 Å². The average Bonchev–Trinajstić information content (AvgIpc) is 2.91. The Morgan fingerprint density at radius 2 is 1.76 bits per heavy atom. The summed E-state index contributed by atoms with van der Waals surface area (Å²) in [6.45, 7) is 3.45. The third-order valence-electron chi connectivity index (χ3n) is 6.35. The molecule has 0 saturated carbocycles. The lowest BCUT2D eigenvalue weighted by molar-refractivity contribution is 0.0254. The molecule has 0 bridgehead atoms. The molecule has 34 heavy (non-hydrogen) atoms. The quantitative estimate of drug-likeness (QED) is 0.569. The highest BCUT2D eigenvalue weighted by Gasteiger charge is 2.18. The van der Waals surface area contributed by atoms with Crippen molar-refractivity contribution in [2.24, 2.45) is 0 Å². The smallest absolute Gasteiger partial charge is 0.154 e. The molecule has 2 saturated heterocycles. The van der Waals surface area contributed by atoms with Gasteiger partial charge in [-0.3, -0.25) is 0 Å². The summed E-state index contributed by atoms with van der Waals surface area (Å²) in [6, 6.07) is 15.9. The summed E-state index contributed by atoms with van der Waals surface area (Å²) in [4.78, 5) is 4.42. The minimum absolute atomic E-state index is 0.0886. The fourth-order valence-electron chi connectivity index (χ4n) is 4.43. The third kappa shape index (κ3) is 5.33. The van der Waals surface area contributed by atoms with Crippen LogP contribution in [0.2, 0.25) is 0 Å². The molecule has 2 N–H and O–H groups in total. The van der Waals surface area contributed by atoms with Crippen LogP contribution in [0, 0.1) is 11.3 Å². The molecule has 0 aliphatic carbocycles. The standard InChI is InChI=1S/C26H28N6O2/c27-17-21-15-19(1-3-24(21)34-22-8-13-33-14-9-22)20-7-12-29-26(16-20)30-25-4-2-23(31-32-25)18-5-10-28-11-6-18/h1-4,7,12,15-16,18,22,28H,5-6,8-11,13-14H2,(H,29,30,32). The van der Waals surface area contributed by atoms with Crippen molar-refractivity contribution in [2.75, 3.05) is 31.6 Å². The first-order valence-corrected chi connectivity index (χ1v) is 11.8. The van der Waals surface area contributed by atoms with Crippen molar-refractivity contribution in [3.05, 3.63) is 59.9 Å². The highest BCUT2D eigenvalue weighted by Crippen LogP contribution is 2.30. The summed E-state index contributed by atoms with van der Waals surface area (Å²) >= 11 is 0. The van der Waals surface area contributed by atoms with Gasteiger partial charge in [0.15, 0.2) is 5.82 Å². The van der Waals surface area contributed by atoms with Gasteiger partial charge in [0.05, 0.1) is 24.5 Å². The van der Waals surface area contributed by atoms with Crippen LogP contribution < -0.4 is 15.4 Å². The van der Waals surface area contributed by atoms with Gasteiger partial charge in [-0.15, -0.1) is 5.10 Å². The first-order chi connectivity index (χ1) is 16.8. The van der Waals surface area contributed by atoms with Crippen LogP contribution in [-0.2, 0) is 4.74 Å². The molecule has 8 nitrogen and oxygen atoms in total. The van der Waals surface area contributed by atoms with Crippen molar-refractivity contribution >= 4 is 11.6 Å². The molecule has 0 spiro atoms. The number of anilines is 2. The van der Waals surface area contributed by atoms with E-state index in [9.17, 15) is 5.26 Å². The zero-order valence-electron chi connectivity index (χ0n) is 19.0. The van der Waals surface area contributed by atoms with Gasteiger partial charge in [-0.2, -0.15) is 10.4 Å². The van der Waals surface area contributed by atoms with Crippen LogP contribution in [0.25, 0.3) is 11.1 Å². The number of nitrogens with zero attached hydrogens (tertiary/aromatic N) is 4. The van der Waals surface area contributed by atoms with Gasteiger partial charge in [-0.05, 0) is 73.5 Å². The maximum absolute atomic E-state index is 9.69. The van der Waals surface area contributed by atoms with Crippen LogP contribution in [0.3, 0.4) is 0 Å². The monoisotopic (exact) mass is 456 g/mol. The predicted octanol–water partition coefficient (Wildman–Crippen LogP) is 4.18. The number of aromatic nitrogens is 3. The number of rotatable bonds is 6. The Labute approximate surface area is 199 Å². The Bertz CT molecular complexity index is 1150. The molecule has 0 radical (unpaired) electrons. The second-order valence-corrected chi connectivity index (χ2v) is 8.67. The van der Waals surface area contributed by atoms with Crippen LogP contribution in [-0.4, -0.2) is 47.6 Å². The van der Waals surface area contributed by atoms with Crippen molar-refractivity contribution < 1.29 is 9.47 Å². The lowest BCUT2D eigenvalue weighted by Gasteiger charge is -2.23. The van der Waals surface area contributed by atoms with Gasteiger partial charge in [0, 0.05) is 25.0 Å². The lowest BCUT2D eigenvalue weighted by Crippen LogP contribution is -2.27. The summed E-state index contributed by atoms with van der Waals surface area (Å²) in [7, 11) is 0. The van der Waals surface area contributed by atoms with E-state index in [1.54, 1.807) is 6.20 Å². The van der Waals surface area contributed by atoms with E-state index in [4.69, 9.17) is 9.47 Å².